The number of carbonyl (C=O) groups excluding carboxylic acids is 1. The maximum Gasteiger partial charge on any atom is 0.225 e. The van der Waals surface area contributed by atoms with Crippen molar-refractivity contribution >= 4 is 38.4 Å². The van der Waals surface area contributed by atoms with Crippen molar-refractivity contribution in [3.05, 3.63) is 34.9 Å². The second kappa shape index (κ2) is 6.87. The number of pyridine rings is 1. The van der Waals surface area contributed by atoms with E-state index in [1.54, 1.807) is 0 Å². The lowest BCUT2D eigenvalue weighted by molar-refractivity contribution is -0.135. The molecule has 0 radical (unpaired) electrons. The average Bonchev–Trinajstić information content (AvgIpc) is 2.54. The number of likely N-dealkylation sites (tertiary alicyclic amines) is 1. The molecule has 0 bridgehead atoms. The number of rotatable bonds is 3. The Kier molecular flexibility index (Phi) is 4.85. The van der Waals surface area contributed by atoms with E-state index in [1.807, 2.05) is 43.1 Å². The Hall–Kier alpha value is -1.62. The highest BCUT2D eigenvalue weighted by atomic mass is 79.9. The summed E-state index contributed by atoms with van der Waals surface area (Å²) in [5, 5.41) is 4.77. The summed E-state index contributed by atoms with van der Waals surface area (Å²) >= 11 is 3.49. The third-order valence-electron chi connectivity index (χ3n) is 4.36. The van der Waals surface area contributed by atoms with Crippen LogP contribution in [0.15, 0.2) is 34.9 Å². The van der Waals surface area contributed by atoms with Crippen molar-refractivity contribution in [1.29, 1.82) is 0 Å². The average molecular weight is 376 g/mol. The number of nitrogens with one attached hydrogen (secondary N) is 1. The summed E-state index contributed by atoms with van der Waals surface area (Å²) < 4.78 is 1.04. The quantitative estimate of drug-likeness (QED) is 0.879. The van der Waals surface area contributed by atoms with Crippen molar-refractivity contribution in [2.24, 2.45) is 5.92 Å². The third kappa shape index (κ3) is 3.66. The summed E-state index contributed by atoms with van der Waals surface area (Å²) in [5.41, 5.74) is 2.10. The van der Waals surface area contributed by atoms with Crippen LogP contribution >= 0.6 is 15.9 Å². The normalized spacial score (nSPS) is 16.1. The second-order valence-electron chi connectivity index (χ2n) is 6.42. The largest absolute Gasteiger partial charge is 0.382 e. The molecule has 0 aliphatic carbocycles. The zero-order chi connectivity index (χ0) is 16.4. The van der Waals surface area contributed by atoms with E-state index >= 15 is 0 Å². The van der Waals surface area contributed by atoms with Gasteiger partial charge in [0, 0.05) is 46.8 Å². The molecule has 2 aromatic rings. The molecular formula is C18H22BrN3O. The number of carbonyl (C=O) groups is 1. The number of aromatic nitrogens is 1. The number of halogens is 1. The summed E-state index contributed by atoms with van der Waals surface area (Å²) in [6, 6.07) is 8.60. The molecule has 1 aliphatic heterocycles. The van der Waals surface area contributed by atoms with Crippen LogP contribution in [0.4, 0.5) is 5.69 Å². The van der Waals surface area contributed by atoms with Crippen LogP contribution in [-0.2, 0) is 4.79 Å². The highest BCUT2D eigenvalue weighted by Crippen LogP contribution is 2.26. The zero-order valence-electron chi connectivity index (χ0n) is 13.6. The van der Waals surface area contributed by atoms with Crippen LogP contribution in [0.25, 0.3) is 10.9 Å². The van der Waals surface area contributed by atoms with Gasteiger partial charge in [0.25, 0.3) is 0 Å². The molecule has 1 N–H and O–H groups in total. The summed E-state index contributed by atoms with van der Waals surface area (Å²) in [4.78, 5) is 18.5. The van der Waals surface area contributed by atoms with Crippen molar-refractivity contribution in [2.45, 2.75) is 32.7 Å². The molecule has 3 rings (SSSR count). The number of anilines is 1. The molecule has 0 unspecified atom stereocenters. The second-order valence-corrected chi connectivity index (χ2v) is 7.33. The van der Waals surface area contributed by atoms with E-state index in [0.717, 1.165) is 47.0 Å². The molecule has 1 saturated heterocycles. The van der Waals surface area contributed by atoms with Crippen LogP contribution < -0.4 is 5.32 Å². The predicted octanol–water partition coefficient (Wildman–Crippen LogP) is 4.06. The Morgan fingerprint density at radius 1 is 1.30 bits per heavy atom. The summed E-state index contributed by atoms with van der Waals surface area (Å²) in [6.07, 6.45) is 3.81. The van der Waals surface area contributed by atoms with Gasteiger partial charge in [-0.05, 0) is 37.1 Å². The number of piperidine rings is 1. The highest BCUT2D eigenvalue weighted by Gasteiger charge is 2.24. The van der Waals surface area contributed by atoms with E-state index in [0.29, 0.717) is 6.04 Å². The number of benzene rings is 1. The Balaban J connectivity index is 1.69. The van der Waals surface area contributed by atoms with E-state index in [-0.39, 0.29) is 11.8 Å². The van der Waals surface area contributed by atoms with E-state index in [9.17, 15) is 4.79 Å². The van der Waals surface area contributed by atoms with Gasteiger partial charge in [-0.1, -0.05) is 29.8 Å². The number of nitrogens with zero attached hydrogens (tertiary/aromatic N) is 2. The molecule has 0 atom stereocenters. The molecule has 1 fully saturated rings. The fourth-order valence-electron chi connectivity index (χ4n) is 3.08. The van der Waals surface area contributed by atoms with Gasteiger partial charge in [-0.15, -0.1) is 0 Å². The molecule has 0 spiro atoms. The fourth-order valence-corrected chi connectivity index (χ4v) is 3.43. The van der Waals surface area contributed by atoms with E-state index in [4.69, 9.17) is 0 Å². The smallest absolute Gasteiger partial charge is 0.225 e. The van der Waals surface area contributed by atoms with Crippen LogP contribution in [0.3, 0.4) is 0 Å². The first-order valence-electron chi connectivity index (χ1n) is 8.14. The fraction of sp³-hybridized carbons (Fsp3) is 0.444. The minimum absolute atomic E-state index is 0.0853. The Morgan fingerprint density at radius 3 is 2.74 bits per heavy atom. The predicted molar refractivity (Wildman–Crippen MR) is 97.5 cm³/mol. The monoisotopic (exact) mass is 375 g/mol. The van der Waals surface area contributed by atoms with Crippen LogP contribution in [0.2, 0.25) is 0 Å². The van der Waals surface area contributed by atoms with Crippen LogP contribution in [0.1, 0.15) is 26.7 Å². The Labute approximate surface area is 145 Å². The number of fused-ring (bicyclic) bond motifs is 1. The van der Waals surface area contributed by atoms with Gasteiger partial charge < -0.3 is 10.2 Å². The molecule has 1 aliphatic rings. The number of hydrogen-bond acceptors (Lipinski definition) is 3. The summed E-state index contributed by atoms with van der Waals surface area (Å²) in [5.74, 6) is 0.352. The van der Waals surface area contributed by atoms with Crippen LogP contribution in [0, 0.1) is 5.92 Å². The Morgan fingerprint density at radius 2 is 2.04 bits per heavy atom. The number of amides is 1. The standard InChI is InChI=1S/C18H22BrN3O/c1-12(2)18(23)22-9-6-14(7-10-22)21-16-5-8-20-17-11-13(19)3-4-15(16)17/h3-5,8,11-12,14H,6-7,9-10H2,1-2H3,(H,20,21). The highest BCUT2D eigenvalue weighted by molar-refractivity contribution is 9.10. The van der Waals surface area contributed by atoms with Crippen molar-refractivity contribution < 1.29 is 4.79 Å². The minimum Gasteiger partial charge on any atom is -0.382 e. The number of hydrogen-bond donors (Lipinski definition) is 1. The third-order valence-corrected chi connectivity index (χ3v) is 4.86. The molecule has 1 amide bonds. The molecule has 1 aromatic heterocycles. The summed E-state index contributed by atoms with van der Waals surface area (Å²) in [7, 11) is 0. The molecule has 5 heteroatoms. The lowest BCUT2D eigenvalue weighted by Gasteiger charge is -2.34. The van der Waals surface area contributed by atoms with Gasteiger partial charge >= 0.3 is 0 Å². The van der Waals surface area contributed by atoms with Crippen molar-refractivity contribution in [1.82, 2.24) is 9.88 Å². The van der Waals surface area contributed by atoms with Crippen molar-refractivity contribution in [2.75, 3.05) is 18.4 Å². The molecular weight excluding hydrogens is 354 g/mol. The van der Waals surface area contributed by atoms with Gasteiger partial charge in [0.1, 0.15) is 0 Å². The molecule has 4 nitrogen and oxygen atoms in total. The molecule has 23 heavy (non-hydrogen) atoms. The van der Waals surface area contributed by atoms with Gasteiger partial charge in [-0.2, -0.15) is 0 Å². The topological polar surface area (TPSA) is 45.2 Å². The lowest BCUT2D eigenvalue weighted by atomic mass is 10.0. The van der Waals surface area contributed by atoms with Gasteiger partial charge in [-0.25, -0.2) is 0 Å². The van der Waals surface area contributed by atoms with Crippen LogP contribution in [0.5, 0.6) is 0 Å². The zero-order valence-corrected chi connectivity index (χ0v) is 15.1. The molecule has 1 aromatic carbocycles. The van der Waals surface area contributed by atoms with E-state index in [2.05, 4.69) is 32.3 Å². The first kappa shape index (κ1) is 16.2. The first-order valence-corrected chi connectivity index (χ1v) is 8.93. The molecule has 122 valence electrons. The minimum atomic E-state index is 0.0853. The van der Waals surface area contributed by atoms with Gasteiger partial charge in [0.15, 0.2) is 0 Å². The SMILES string of the molecule is CC(C)C(=O)N1CCC(Nc2ccnc3cc(Br)ccc23)CC1. The van der Waals surface area contributed by atoms with Crippen LogP contribution in [-0.4, -0.2) is 34.9 Å². The van der Waals surface area contributed by atoms with E-state index in [1.165, 1.54) is 0 Å². The maximum absolute atomic E-state index is 12.1. The lowest BCUT2D eigenvalue weighted by Crippen LogP contribution is -2.44. The van der Waals surface area contributed by atoms with E-state index < -0.39 is 0 Å². The molecule has 2 heterocycles. The van der Waals surface area contributed by atoms with Gasteiger partial charge in [0.2, 0.25) is 5.91 Å². The summed E-state index contributed by atoms with van der Waals surface area (Å²) in [6.45, 7) is 5.61. The van der Waals surface area contributed by atoms with Gasteiger partial charge in [0.05, 0.1) is 5.52 Å². The van der Waals surface area contributed by atoms with Crippen molar-refractivity contribution in [3.63, 3.8) is 0 Å². The van der Waals surface area contributed by atoms with Gasteiger partial charge in [-0.3, -0.25) is 9.78 Å². The maximum atomic E-state index is 12.1. The first-order chi connectivity index (χ1) is 11.0. The van der Waals surface area contributed by atoms with Crippen molar-refractivity contribution in [3.8, 4) is 0 Å². The molecule has 0 saturated carbocycles. The Bertz CT molecular complexity index is 708.